The Kier molecular flexibility index (Phi) is 3.30. The van der Waals surface area contributed by atoms with Crippen molar-refractivity contribution in [2.24, 2.45) is 5.73 Å². The van der Waals surface area contributed by atoms with Crippen LogP contribution in [0.1, 0.15) is 17.2 Å². The number of methoxy groups -OCH3 is 1. The van der Waals surface area contributed by atoms with E-state index in [-0.39, 0.29) is 0 Å². The number of aromatic nitrogens is 2. The van der Waals surface area contributed by atoms with Gasteiger partial charge in [-0.05, 0) is 12.1 Å². The molecule has 0 saturated heterocycles. The number of halogens is 1. The van der Waals surface area contributed by atoms with Gasteiger partial charge in [-0.1, -0.05) is 0 Å². The molecule has 0 aliphatic rings. The molecular weight excluding hydrogens is 221 g/mol. The zero-order valence-electron chi connectivity index (χ0n) is 9.30. The molecule has 0 saturated carbocycles. The second-order valence-electron chi connectivity index (χ2n) is 3.49. The molecule has 2 aromatic rings. The van der Waals surface area contributed by atoms with E-state index in [2.05, 4.69) is 9.97 Å². The molecule has 0 aliphatic carbocycles. The third-order valence-electron chi connectivity index (χ3n) is 2.51. The predicted molar refractivity (Wildman–Crippen MR) is 61.0 cm³/mol. The van der Waals surface area contributed by atoms with Gasteiger partial charge in [0.25, 0.3) is 0 Å². The van der Waals surface area contributed by atoms with Crippen LogP contribution in [-0.4, -0.2) is 17.1 Å². The first-order chi connectivity index (χ1) is 8.24. The van der Waals surface area contributed by atoms with Crippen LogP contribution >= 0.6 is 0 Å². The van der Waals surface area contributed by atoms with Crippen molar-refractivity contribution in [2.75, 3.05) is 7.11 Å². The molecular formula is C12H12FN3O. The van der Waals surface area contributed by atoms with Crippen molar-refractivity contribution in [2.45, 2.75) is 6.04 Å². The second-order valence-corrected chi connectivity index (χ2v) is 3.49. The minimum absolute atomic E-state index is 0.379. The standard InChI is InChI=1S/C12H12FN3O/c1-17-11-7-16-5-3-9(11)12(14)8-2-4-15-6-10(8)13/h2-7,12H,14H2,1H3. The van der Waals surface area contributed by atoms with Crippen LogP contribution in [0, 0.1) is 5.82 Å². The van der Waals surface area contributed by atoms with Gasteiger partial charge in [-0.2, -0.15) is 0 Å². The van der Waals surface area contributed by atoms with Crippen LogP contribution in [0.5, 0.6) is 5.75 Å². The molecule has 4 nitrogen and oxygen atoms in total. The predicted octanol–water partition coefficient (Wildman–Crippen LogP) is 1.67. The van der Waals surface area contributed by atoms with Crippen molar-refractivity contribution < 1.29 is 9.13 Å². The molecule has 2 rings (SSSR count). The molecule has 0 aliphatic heterocycles. The van der Waals surface area contributed by atoms with Gasteiger partial charge in [-0.3, -0.25) is 9.97 Å². The van der Waals surface area contributed by atoms with Crippen LogP contribution in [0.3, 0.4) is 0 Å². The van der Waals surface area contributed by atoms with Gasteiger partial charge in [-0.25, -0.2) is 4.39 Å². The van der Waals surface area contributed by atoms with Gasteiger partial charge in [0.15, 0.2) is 0 Å². The van der Waals surface area contributed by atoms with E-state index < -0.39 is 11.9 Å². The zero-order valence-corrected chi connectivity index (χ0v) is 9.30. The van der Waals surface area contributed by atoms with Crippen LogP contribution in [0.2, 0.25) is 0 Å². The maximum Gasteiger partial charge on any atom is 0.146 e. The monoisotopic (exact) mass is 233 g/mol. The van der Waals surface area contributed by atoms with Crippen molar-refractivity contribution >= 4 is 0 Å². The highest BCUT2D eigenvalue weighted by atomic mass is 19.1. The number of ether oxygens (including phenoxy) is 1. The van der Waals surface area contributed by atoms with Gasteiger partial charge in [-0.15, -0.1) is 0 Å². The molecule has 0 aromatic carbocycles. The summed E-state index contributed by atoms with van der Waals surface area (Å²) in [5.41, 5.74) is 7.08. The van der Waals surface area contributed by atoms with E-state index in [0.29, 0.717) is 16.9 Å². The molecule has 88 valence electrons. The Morgan fingerprint density at radius 3 is 2.47 bits per heavy atom. The van der Waals surface area contributed by atoms with Gasteiger partial charge in [0.05, 0.1) is 25.5 Å². The molecule has 2 N–H and O–H groups in total. The van der Waals surface area contributed by atoms with Crippen LogP contribution in [-0.2, 0) is 0 Å². The summed E-state index contributed by atoms with van der Waals surface area (Å²) in [6.45, 7) is 0. The molecule has 17 heavy (non-hydrogen) atoms. The molecule has 1 unspecified atom stereocenters. The van der Waals surface area contributed by atoms with E-state index in [4.69, 9.17) is 10.5 Å². The van der Waals surface area contributed by atoms with Crippen molar-refractivity contribution in [3.63, 3.8) is 0 Å². The summed E-state index contributed by atoms with van der Waals surface area (Å²) in [5.74, 6) is 0.107. The average molecular weight is 233 g/mol. The Hall–Kier alpha value is -2.01. The van der Waals surface area contributed by atoms with Gasteiger partial charge < -0.3 is 10.5 Å². The lowest BCUT2D eigenvalue weighted by Gasteiger charge is -2.15. The third-order valence-corrected chi connectivity index (χ3v) is 2.51. The molecule has 0 spiro atoms. The first-order valence-corrected chi connectivity index (χ1v) is 5.07. The number of nitrogens with zero attached hydrogens (tertiary/aromatic N) is 2. The van der Waals surface area contributed by atoms with Gasteiger partial charge in [0.2, 0.25) is 0 Å². The van der Waals surface area contributed by atoms with Gasteiger partial charge >= 0.3 is 0 Å². The number of hydrogen-bond donors (Lipinski definition) is 1. The van der Waals surface area contributed by atoms with E-state index in [0.717, 1.165) is 6.20 Å². The normalized spacial score (nSPS) is 12.2. The summed E-state index contributed by atoms with van der Waals surface area (Å²) < 4.78 is 18.7. The Bertz CT molecular complexity index is 519. The van der Waals surface area contributed by atoms with Crippen LogP contribution in [0.15, 0.2) is 36.9 Å². The molecule has 0 amide bonds. The zero-order chi connectivity index (χ0) is 12.3. The highest BCUT2D eigenvalue weighted by Crippen LogP contribution is 2.27. The Morgan fingerprint density at radius 2 is 1.82 bits per heavy atom. The summed E-state index contributed by atoms with van der Waals surface area (Å²) in [6, 6.07) is 2.67. The molecule has 2 heterocycles. The number of nitrogens with two attached hydrogens (primary N) is 1. The van der Waals surface area contributed by atoms with Crippen LogP contribution in [0.25, 0.3) is 0 Å². The van der Waals surface area contributed by atoms with Gasteiger partial charge in [0.1, 0.15) is 11.6 Å². The second kappa shape index (κ2) is 4.88. The number of hydrogen-bond acceptors (Lipinski definition) is 4. The smallest absolute Gasteiger partial charge is 0.146 e. The lowest BCUT2D eigenvalue weighted by Crippen LogP contribution is -2.15. The third kappa shape index (κ3) is 2.24. The largest absolute Gasteiger partial charge is 0.495 e. The van der Waals surface area contributed by atoms with Crippen LogP contribution < -0.4 is 10.5 Å². The quantitative estimate of drug-likeness (QED) is 0.876. The van der Waals surface area contributed by atoms with E-state index in [1.807, 2.05) is 0 Å². The number of rotatable bonds is 3. The Morgan fingerprint density at radius 1 is 1.18 bits per heavy atom. The van der Waals surface area contributed by atoms with Gasteiger partial charge in [0, 0.05) is 23.5 Å². The topological polar surface area (TPSA) is 61.0 Å². The molecule has 0 fully saturated rings. The van der Waals surface area contributed by atoms with E-state index >= 15 is 0 Å². The summed E-state index contributed by atoms with van der Waals surface area (Å²) in [7, 11) is 1.52. The highest BCUT2D eigenvalue weighted by Gasteiger charge is 2.17. The van der Waals surface area contributed by atoms with Crippen molar-refractivity contribution in [1.29, 1.82) is 0 Å². The SMILES string of the molecule is COc1cnccc1C(N)c1ccncc1F. The van der Waals surface area contributed by atoms with Crippen molar-refractivity contribution in [3.05, 3.63) is 53.9 Å². The van der Waals surface area contributed by atoms with E-state index in [1.165, 1.54) is 13.3 Å². The molecule has 2 aromatic heterocycles. The maximum atomic E-state index is 13.6. The molecule has 0 radical (unpaired) electrons. The summed E-state index contributed by atoms with van der Waals surface area (Å²) in [4.78, 5) is 7.62. The molecule has 1 atom stereocenters. The number of pyridine rings is 2. The fraction of sp³-hybridized carbons (Fsp3) is 0.167. The molecule has 5 heteroatoms. The summed E-state index contributed by atoms with van der Waals surface area (Å²) >= 11 is 0. The fourth-order valence-corrected chi connectivity index (χ4v) is 1.62. The molecule has 0 bridgehead atoms. The Balaban J connectivity index is 2.44. The Labute approximate surface area is 98.3 Å². The summed E-state index contributed by atoms with van der Waals surface area (Å²) in [6.07, 6.45) is 5.79. The highest BCUT2D eigenvalue weighted by molar-refractivity contribution is 5.39. The lowest BCUT2D eigenvalue weighted by atomic mass is 10.0. The minimum atomic E-state index is -0.601. The first-order valence-electron chi connectivity index (χ1n) is 5.07. The van der Waals surface area contributed by atoms with Crippen molar-refractivity contribution in [1.82, 2.24) is 9.97 Å². The lowest BCUT2D eigenvalue weighted by molar-refractivity contribution is 0.405. The maximum absolute atomic E-state index is 13.6. The minimum Gasteiger partial charge on any atom is -0.495 e. The van der Waals surface area contributed by atoms with E-state index in [9.17, 15) is 4.39 Å². The summed E-state index contributed by atoms with van der Waals surface area (Å²) in [5, 5.41) is 0. The first kappa shape index (κ1) is 11.5. The fourth-order valence-electron chi connectivity index (χ4n) is 1.62. The van der Waals surface area contributed by atoms with E-state index in [1.54, 1.807) is 24.5 Å². The van der Waals surface area contributed by atoms with Crippen molar-refractivity contribution in [3.8, 4) is 5.75 Å². The average Bonchev–Trinajstić information content (AvgIpc) is 2.38. The van der Waals surface area contributed by atoms with Crippen LogP contribution in [0.4, 0.5) is 4.39 Å².